The molecule has 4 rings (SSSR count). The van der Waals surface area contributed by atoms with Crippen LogP contribution < -0.4 is 0 Å². The van der Waals surface area contributed by atoms with Crippen molar-refractivity contribution < 1.29 is 9.32 Å². The van der Waals surface area contributed by atoms with Gasteiger partial charge in [-0.2, -0.15) is 4.98 Å². The van der Waals surface area contributed by atoms with Crippen LogP contribution in [0, 0.1) is 0 Å². The van der Waals surface area contributed by atoms with E-state index in [-0.39, 0.29) is 11.8 Å². The van der Waals surface area contributed by atoms with E-state index < -0.39 is 0 Å². The van der Waals surface area contributed by atoms with Gasteiger partial charge in [0, 0.05) is 35.8 Å². The number of hydrogen-bond donors (Lipinski definition) is 1. The number of nitrogens with one attached hydrogen (secondary N) is 1. The van der Waals surface area contributed by atoms with Gasteiger partial charge in [-0.1, -0.05) is 17.3 Å². The average molecular weight is 296 g/mol. The highest BCUT2D eigenvalue weighted by Gasteiger charge is 2.24. The number of aromatic amines is 1. The number of fused-ring (bicyclic) bond motifs is 1. The Kier molecular flexibility index (Phi) is 3.14. The lowest BCUT2D eigenvalue weighted by atomic mass is 10.1. The molecule has 0 saturated carbocycles. The highest BCUT2D eigenvalue weighted by molar-refractivity contribution is 5.94. The van der Waals surface area contributed by atoms with Crippen molar-refractivity contribution in [3.63, 3.8) is 0 Å². The third kappa shape index (κ3) is 2.16. The van der Waals surface area contributed by atoms with Crippen molar-refractivity contribution >= 4 is 16.8 Å². The van der Waals surface area contributed by atoms with E-state index in [4.69, 9.17) is 4.52 Å². The van der Waals surface area contributed by atoms with E-state index in [1.165, 1.54) is 6.42 Å². The van der Waals surface area contributed by atoms with Crippen molar-refractivity contribution in [1.29, 1.82) is 0 Å². The minimum absolute atomic E-state index is 0.0736. The molecule has 0 aliphatic carbocycles. The standard InChI is InChI=1S/C16H16N4O2/c21-16(20-9-2-1-3-10-20)15-18-14(19-22-15)12-5-4-6-13-11(12)7-8-17-13/h4-8,17H,1-3,9-10H2. The zero-order valence-corrected chi connectivity index (χ0v) is 12.1. The fourth-order valence-electron chi connectivity index (χ4n) is 2.93. The lowest BCUT2D eigenvalue weighted by Crippen LogP contribution is -2.35. The smallest absolute Gasteiger partial charge is 0.316 e. The Morgan fingerprint density at radius 1 is 1.18 bits per heavy atom. The van der Waals surface area contributed by atoms with Crippen molar-refractivity contribution in [2.24, 2.45) is 0 Å². The second kappa shape index (κ2) is 5.29. The van der Waals surface area contributed by atoms with Crippen molar-refractivity contribution in [3.05, 3.63) is 36.4 Å². The van der Waals surface area contributed by atoms with Crippen LogP contribution in [-0.2, 0) is 0 Å². The topological polar surface area (TPSA) is 75.0 Å². The van der Waals surface area contributed by atoms with Crippen LogP contribution in [0.15, 0.2) is 35.0 Å². The summed E-state index contributed by atoms with van der Waals surface area (Å²) >= 11 is 0. The summed E-state index contributed by atoms with van der Waals surface area (Å²) in [6, 6.07) is 7.80. The van der Waals surface area contributed by atoms with Crippen LogP contribution in [0.1, 0.15) is 29.9 Å². The maximum absolute atomic E-state index is 12.4. The number of benzene rings is 1. The fourth-order valence-corrected chi connectivity index (χ4v) is 2.93. The van der Waals surface area contributed by atoms with Gasteiger partial charge in [0.15, 0.2) is 0 Å². The van der Waals surface area contributed by atoms with Crippen LogP contribution in [0.25, 0.3) is 22.3 Å². The highest BCUT2D eigenvalue weighted by atomic mass is 16.5. The molecule has 3 heterocycles. The normalized spacial score (nSPS) is 15.4. The molecule has 2 aromatic heterocycles. The number of hydrogen-bond acceptors (Lipinski definition) is 4. The number of piperidine rings is 1. The summed E-state index contributed by atoms with van der Waals surface area (Å²) in [5.41, 5.74) is 1.87. The van der Waals surface area contributed by atoms with Gasteiger partial charge in [-0.25, -0.2) is 0 Å². The summed E-state index contributed by atoms with van der Waals surface area (Å²) in [5, 5.41) is 5.00. The Bertz CT molecular complexity index is 814. The molecule has 1 N–H and O–H groups in total. The fraction of sp³-hybridized carbons (Fsp3) is 0.312. The first kappa shape index (κ1) is 13.1. The molecule has 1 aromatic carbocycles. The first-order chi connectivity index (χ1) is 10.8. The maximum Gasteiger partial charge on any atom is 0.316 e. The van der Waals surface area contributed by atoms with E-state index in [9.17, 15) is 4.79 Å². The molecule has 0 atom stereocenters. The molecule has 0 bridgehead atoms. The number of rotatable bonds is 2. The van der Waals surface area contributed by atoms with Gasteiger partial charge in [-0.15, -0.1) is 0 Å². The van der Waals surface area contributed by atoms with Gasteiger partial charge in [-0.05, 0) is 31.4 Å². The molecule has 1 aliphatic heterocycles. The van der Waals surface area contributed by atoms with E-state index in [1.54, 1.807) is 4.90 Å². The first-order valence-corrected chi connectivity index (χ1v) is 7.52. The van der Waals surface area contributed by atoms with Crippen molar-refractivity contribution in [1.82, 2.24) is 20.0 Å². The Morgan fingerprint density at radius 2 is 2.05 bits per heavy atom. The number of H-pyrrole nitrogens is 1. The van der Waals surface area contributed by atoms with E-state index in [2.05, 4.69) is 15.1 Å². The molecule has 6 heteroatoms. The largest absolute Gasteiger partial charge is 0.361 e. The predicted octanol–water partition coefficient (Wildman–Crippen LogP) is 2.84. The van der Waals surface area contributed by atoms with Crippen LogP contribution in [0.5, 0.6) is 0 Å². The van der Waals surface area contributed by atoms with Crippen molar-refractivity contribution in [3.8, 4) is 11.4 Å². The Labute approximate surface area is 127 Å². The Hall–Kier alpha value is -2.63. The van der Waals surface area contributed by atoms with Gasteiger partial charge < -0.3 is 14.4 Å². The summed E-state index contributed by atoms with van der Waals surface area (Å²) in [6.07, 6.45) is 5.12. The van der Waals surface area contributed by atoms with Crippen LogP contribution in [0.3, 0.4) is 0 Å². The number of aromatic nitrogens is 3. The van der Waals surface area contributed by atoms with E-state index in [1.807, 2.05) is 30.5 Å². The molecular weight excluding hydrogens is 280 g/mol. The number of nitrogens with zero attached hydrogens (tertiary/aromatic N) is 3. The maximum atomic E-state index is 12.4. The lowest BCUT2D eigenvalue weighted by molar-refractivity contribution is 0.0674. The predicted molar refractivity (Wildman–Crippen MR) is 81.3 cm³/mol. The van der Waals surface area contributed by atoms with Crippen LogP contribution in [0.4, 0.5) is 0 Å². The minimum atomic E-state index is -0.167. The summed E-state index contributed by atoms with van der Waals surface area (Å²) in [5.74, 6) is 0.356. The molecule has 112 valence electrons. The van der Waals surface area contributed by atoms with Gasteiger partial charge >= 0.3 is 11.8 Å². The summed E-state index contributed by atoms with van der Waals surface area (Å²) in [7, 11) is 0. The molecule has 0 unspecified atom stereocenters. The van der Waals surface area contributed by atoms with Gasteiger partial charge in [0.2, 0.25) is 5.82 Å². The Morgan fingerprint density at radius 3 is 2.91 bits per heavy atom. The third-order valence-electron chi connectivity index (χ3n) is 4.09. The van der Waals surface area contributed by atoms with Gasteiger partial charge in [0.25, 0.3) is 0 Å². The van der Waals surface area contributed by atoms with Crippen molar-refractivity contribution in [2.45, 2.75) is 19.3 Å². The molecule has 3 aromatic rings. The third-order valence-corrected chi connectivity index (χ3v) is 4.09. The molecule has 1 saturated heterocycles. The van der Waals surface area contributed by atoms with E-state index in [0.717, 1.165) is 42.4 Å². The van der Waals surface area contributed by atoms with Gasteiger partial charge in [0.1, 0.15) is 0 Å². The van der Waals surface area contributed by atoms with Gasteiger partial charge in [0.05, 0.1) is 0 Å². The number of carbonyl (C=O) groups excluding carboxylic acids is 1. The van der Waals surface area contributed by atoms with Crippen LogP contribution in [0.2, 0.25) is 0 Å². The highest BCUT2D eigenvalue weighted by Crippen LogP contribution is 2.26. The van der Waals surface area contributed by atoms with Crippen LogP contribution >= 0.6 is 0 Å². The second-order valence-corrected chi connectivity index (χ2v) is 5.52. The molecular formula is C16H16N4O2. The quantitative estimate of drug-likeness (QED) is 0.789. The molecule has 6 nitrogen and oxygen atoms in total. The molecule has 1 aliphatic rings. The summed E-state index contributed by atoms with van der Waals surface area (Å²) < 4.78 is 5.20. The minimum Gasteiger partial charge on any atom is -0.361 e. The number of amides is 1. The monoisotopic (exact) mass is 296 g/mol. The molecule has 1 fully saturated rings. The molecule has 0 spiro atoms. The zero-order chi connectivity index (χ0) is 14.9. The molecule has 22 heavy (non-hydrogen) atoms. The van der Waals surface area contributed by atoms with Crippen molar-refractivity contribution in [2.75, 3.05) is 13.1 Å². The lowest BCUT2D eigenvalue weighted by Gasteiger charge is -2.24. The van der Waals surface area contributed by atoms with E-state index in [0.29, 0.717) is 5.82 Å². The number of likely N-dealkylation sites (tertiary alicyclic amines) is 1. The SMILES string of the molecule is O=C(c1nc(-c2cccc3[nH]ccc23)no1)N1CCCCC1. The summed E-state index contributed by atoms with van der Waals surface area (Å²) in [4.78, 5) is 21.6. The van der Waals surface area contributed by atoms with Gasteiger partial charge in [-0.3, -0.25) is 4.79 Å². The van der Waals surface area contributed by atoms with Crippen LogP contribution in [-0.4, -0.2) is 39.0 Å². The average Bonchev–Trinajstić information content (AvgIpc) is 3.24. The molecule has 1 amide bonds. The van der Waals surface area contributed by atoms with E-state index >= 15 is 0 Å². The Balaban J connectivity index is 1.66. The summed E-state index contributed by atoms with van der Waals surface area (Å²) in [6.45, 7) is 1.54. The zero-order valence-electron chi connectivity index (χ0n) is 12.1. The first-order valence-electron chi connectivity index (χ1n) is 7.52. The second-order valence-electron chi connectivity index (χ2n) is 5.52. The number of carbonyl (C=O) groups is 1. The molecule has 0 radical (unpaired) electrons.